The van der Waals surface area contributed by atoms with Gasteiger partial charge in [0.15, 0.2) is 6.10 Å². The lowest BCUT2D eigenvalue weighted by atomic mass is 10.1. The van der Waals surface area contributed by atoms with Gasteiger partial charge in [-0.1, -0.05) is 49.4 Å². The molecule has 0 saturated heterocycles. The Kier molecular flexibility index (Phi) is 4.98. The third kappa shape index (κ3) is 3.43. The van der Waals surface area contributed by atoms with Crippen LogP contribution in [0.4, 0.5) is 5.69 Å². The molecule has 0 spiro atoms. The lowest BCUT2D eigenvalue weighted by Gasteiger charge is -2.34. The molecule has 2 amide bonds. The van der Waals surface area contributed by atoms with Gasteiger partial charge < -0.3 is 15.0 Å². The van der Waals surface area contributed by atoms with Crippen LogP contribution in [0.2, 0.25) is 0 Å². The molecule has 142 valence electrons. The summed E-state index contributed by atoms with van der Waals surface area (Å²) in [6.07, 6.45) is 0.111. The summed E-state index contributed by atoms with van der Waals surface area (Å²) in [6.45, 7) is 2.75. The number of anilines is 1. The summed E-state index contributed by atoms with van der Waals surface area (Å²) >= 11 is 0. The summed E-state index contributed by atoms with van der Waals surface area (Å²) in [5.41, 5.74) is 1.27. The highest BCUT2D eigenvalue weighted by Gasteiger charge is 2.34. The van der Waals surface area contributed by atoms with Crippen LogP contribution in [0, 0.1) is 0 Å². The molecule has 0 aromatic heterocycles. The van der Waals surface area contributed by atoms with E-state index in [0.29, 0.717) is 23.5 Å². The quantitative estimate of drug-likeness (QED) is 0.756. The van der Waals surface area contributed by atoms with Gasteiger partial charge in [-0.3, -0.25) is 9.59 Å². The Morgan fingerprint density at radius 2 is 1.79 bits per heavy atom. The topological polar surface area (TPSA) is 58.6 Å². The molecular weight excluding hydrogens is 352 g/mol. The van der Waals surface area contributed by atoms with Crippen molar-refractivity contribution >= 4 is 28.3 Å². The zero-order valence-electron chi connectivity index (χ0n) is 15.7. The maximum Gasteiger partial charge on any atom is 0.262 e. The molecule has 1 atom stereocenters. The normalized spacial score (nSPS) is 15.6. The number of amides is 2. The number of para-hydroxylation sites is 2. The minimum atomic E-state index is -0.731. The van der Waals surface area contributed by atoms with E-state index in [1.54, 1.807) is 11.0 Å². The van der Waals surface area contributed by atoms with Crippen LogP contribution >= 0.6 is 0 Å². The van der Waals surface area contributed by atoms with Crippen molar-refractivity contribution < 1.29 is 14.3 Å². The monoisotopic (exact) mass is 374 g/mol. The Labute approximate surface area is 163 Å². The third-order valence-electron chi connectivity index (χ3n) is 4.86. The van der Waals surface area contributed by atoms with Crippen LogP contribution in [-0.2, 0) is 4.79 Å². The van der Waals surface area contributed by atoms with Crippen molar-refractivity contribution in [3.8, 4) is 5.75 Å². The number of benzene rings is 3. The number of carbonyl (C=O) groups is 2. The SMILES string of the molecule is CCCNC(=O)[C@@H]1CN(C(=O)c2ccc3ccccc3c2)c2ccccc2O1. The van der Waals surface area contributed by atoms with Crippen molar-refractivity contribution in [2.75, 3.05) is 18.0 Å². The van der Waals surface area contributed by atoms with E-state index in [2.05, 4.69) is 5.32 Å². The summed E-state index contributed by atoms with van der Waals surface area (Å²) in [7, 11) is 0. The molecule has 0 bridgehead atoms. The van der Waals surface area contributed by atoms with Crippen LogP contribution in [0.3, 0.4) is 0 Å². The number of rotatable bonds is 4. The van der Waals surface area contributed by atoms with Gasteiger partial charge in [0.2, 0.25) is 0 Å². The van der Waals surface area contributed by atoms with Gasteiger partial charge in [-0.25, -0.2) is 0 Å². The second kappa shape index (κ2) is 7.72. The summed E-state index contributed by atoms with van der Waals surface area (Å²) < 4.78 is 5.87. The largest absolute Gasteiger partial charge is 0.477 e. The third-order valence-corrected chi connectivity index (χ3v) is 4.86. The van der Waals surface area contributed by atoms with Crippen LogP contribution in [0.15, 0.2) is 66.7 Å². The van der Waals surface area contributed by atoms with E-state index in [1.165, 1.54) is 0 Å². The molecule has 5 heteroatoms. The van der Waals surface area contributed by atoms with Gasteiger partial charge >= 0.3 is 0 Å². The Balaban J connectivity index is 1.67. The molecule has 1 heterocycles. The van der Waals surface area contributed by atoms with Gasteiger partial charge in [-0.2, -0.15) is 0 Å². The fourth-order valence-electron chi connectivity index (χ4n) is 3.40. The van der Waals surface area contributed by atoms with E-state index in [0.717, 1.165) is 17.2 Å². The van der Waals surface area contributed by atoms with Gasteiger partial charge in [-0.15, -0.1) is 0 Å². The fourth-order valence-corrected chi connectivity index (χ4v) is 3.40. The maximum absolute atomic E-state index is 13.3. The summed E-state index contributed by atoms with van der Waals surface area (Å²) in [6, 6.07) is 20.9. The Bertz CT molecular complexity index is 1030. The number of fused-ring (bicyclic) bond motifs is 2. The zero-order valence-corrected chi connectivity index (χ0v) is 15.7. The lowest BCUT2D eigenvalue weighted by molar-refractivity contribution is -0.127. The van der Waals surface area contributed by atoms with Crippen LogP contribution in [0.5, 0.6) is 5.75 Å². The van der Waals surface area contributed by atoms with Crippen molar-refractivity contribution in [1.29, 1.82) is 0 Å². The number of ether oxygens (including phenoxy) is 1. The summed E-state index contributed by atoms with van der Waals surface area (Å²) in [4.78, 5) is 27.4. The van der Waals surface area contributed by atoms with Crippen LogP contribution in [0.25, 0.3) is 10.8 Å². The molecule has 1 N–H and O–H groups in total. The standard InChI is InChI=1S/C23H22N2O3/c1-2-13-24-22(26)21-15-25(19-9-5-6-10-20(19)28-21)23(27)18-12-11-16-7-3-4-8-17(16)14-18/h3-12,14,21H,2,13,15H2,1H3,(H,24,26)/t21-/m0/s1. The van der Waals surface area contributed by atoms with E-state index < -0.39 is 6.10 Å². The number of carbonyl (C=O) groups excluding carboxylic acids is 2. The van der Waals surface area contributed by atoms with E-state index in [1.807, 2.05) is 67.6 Å². The molecule has 0 aliphatic carbocycles. The highest BCUT2D eigenvalue weighted by atomic mass is 16.5. The molecular formula is C23H22N2O3. The van der Waals surface area contributed by atoms with Crippen molar-refractivity contribution in [1.82, 2.24) is 5.32 Å². The van der Waals surface area contributed by atoms with Crippen LogP contribution in [0.1, 0.15) is 23.7 Å². The predicted octanol–water partition coefficient (Wildman–Crippen LogP) is 3.77. The molecule has 0 saturated carbocycles. The minimum Gasteiger partial charge on any atom is -0.477 e. The average molecular weight is 374 g/mol. The highest BCUT2D eigenvalue weighted by Crippen LogP contribution is 2.34. The van der Waals surface area contributed by atoms with Crippen molar-refractivity contribution in [2.24, 2.45) is 0 Å². The minimum absolute atomic E-state index is 0.144. The van der Waals surface area contributed by atoms with Crippen molar-refractivity contribution in [3.05, 3.63) is 72.3 Å². The molecule has 1 aliphatic rings. The first kappa shape index (κ1) is 18.0. The summed E-state index contributed by atoms with van der Waals surface area (Å²) in [5, 5.41) is 4.94. The van der Waals surface area contributed by atoms with E-state index in [9.17, 15) is 9.59 Å². The molecule has 0 unspecified atom stereocenters. The summed E-state index contributed by atoms with van der Waals surface area (Å²) in [5.74, 6) is 0.196. The maximum atomic E-state index is 13.3. The number of hydrogen-bond acceptors (Lipinski definition) is 3. The molecule has 5 nitrogen and oxygen atoms in total. The fraction of sp³-hybridized carbons (Fsp3) is 0.217. The number of nitrogens with one attached hydrogen (secondary N) is 1. The second-order valence-electron chi connectivity index (χ2n) is 6.84. The van der Waals surface area contributed by atoms with Gasteiger partial charge in [0.1, 0.15) is 5.75 Å². The number of hydrogen-bond donors (Lipinski definition) is 1. The molecule has 0 radical (unpaired) electrons. The van der Waals surface area contributed by atoms with E-state index >= 15 is 0 Å². The molecule has 3 aromatic rings. The smallest absolute Gasteiger partial charge is 0.262 e. The van der Waals surface area contributed by atoms with Crippen molar-refractivity contribution in [3.63, 3.8) is 0 Å². The first-order chi connectivity index (χ1) is 13.7. The molecule has 4 rings (SSSR count). The average Bonchev–Trinajstić information content (AvgIpc) is 2.75. The molecule has 0 fully saturated rings. The van der Waals surface area contributed by atoms with Gasteiger partial charge in [-0.05, 0) is 41.5 Å². The Morgan fingerprint density at radius 1 is 1.04 bits per heavy atom. The lowest BCUT2D eigenvalue weighted by Crippen LogP contribution is -2.50. The molecule has 1 aliphatic heterocycles. The van der Waals surface area contributed by atoms with Gasteiger partial charge in [0.25, 0.3) is 11.8 Å². The van der Waals surface area contributed by atoms with Gasteiger partial charge in [0, 0.05) is 12.1 Å². The van der Waals surface area contributed by atoms with Crippen LogP contribution < -0.4 is 15.0 Å². The van der Waals surface area contributed by atoms with Crippen LogP contribution in [-0.4, -0.2) is 31.0 Å². The first-order valence-electron chi connectivity index (χ1n) is 9.51. The second-order valence-corrected chi connectivity index (χ2v) is 6.84. The zero-order chi connectivity index (χ0) is 19.5. The Morgan fingerprint density at radius 3 is 2.61 bits per heavy atom. The molecule has 3 aromatic carbocycles. The van der Waals surface area contributed by atoms with Gasteiger partial charge in [0.05, 0.1) is 12.2 Å². The van der Waals surface area contributed by atoms with E-state index in [4.69, 9.17) is 4.74 Å². The molecule has 28 heavy (non-hydrogen) atoms. The highest BCUT2D eigenvalue weighted by molar-refractivity contribution is 6.09. The predicted molar refractivity (Wildman–Crippen MR) is 110 cm³/mol. The first-order valence-corrected chi connectivity index (χ1v) is 9.51. The Hall–Kier alpha value is -3.34. The van der Waals surface area contributed by atoms with Crippen molar-refractivity contribution in [2.45, 2.75) is 19.4 Å². The van der Waals surface area contributed by atoms with E-state index in [-0.39, 0.29) is 18.4 Å². The number of nitrogens with zero attached hydrogens (tertiary/aromatic N) is 1.